The van der Waals surface area contributed by atoms with E-state index in [2.05, 4.69) is 10.2 Å². The van der Waals surface area contributed by atoms with E-state index in [1.54, 1.807) is 13.8 Å². The van der Waals surface area contributed by atoms with Crippen molar-refractivity contribution >= 4 is 12.4 Å². The van der Waals surface area contributed by atoms with E-state index in [0.717, 1.165) is 32.5 Å². The Hall–Kier alpha value is 0. The van der Waals surface area contributed by atoms with E-state index < -0.39 is 17.6 Å². The number of piperidine rings is 1. The minimum absolute atomic E-state index is 0. The first-order chi connectivity index (χ1) is 8.32. The Morgan fingerprint density at radius 2 is 1.74 bits per heavy atom. The Morgan fingerprint density at radius 1 is 1.16 bits per heavy atom. The minimum Gasteiger partial charge on any atom is -0.317 e. The van der Waals surface area contributed by atoms with Gasteiger partial charge in [0, 0.05) is 12.1 Å². The zero-order valence-electron chi connectivity index (χ0n) is 11.6. The van der Waals surface area contributed by atoms with Crippen molar-refractivity contribution in [3.8, 4) is 0 Å². The molecule has 2 nitrogen and oxygen atoms in total. The summed E-state index contributed by atoms with van der Waals surface area (Å²) in [5.41, 5.74) is -0.747. The summed E-state index contributed by atoms with van der Waals surface area (Å²) in [7, 11) is 0. The quantitative estimate of drug-likeness (QED) is 0.843. The molecule has 0 aromatic rings. The number of halogens is 4. The monoisotopic (exact) mass is 300 g/mol. The molecule has 0 aromatic carbocycles. The number of rotatable bonds is 2. The second-order valence-corrected chi connectivity index (χ2v) is 6.18. The molecule has 114 valence electrons. The fourth-order valence-corrected chi connectivity index (χ4v) is 3.41. The number of nitrogens with zero attached hydrogens (tertiary/aromatic N) is 1. The fraction of sp³-hybridized carbons (Fsp3) is 1.00. The maximum absolute atomic E-state index is 13.0. The topological polar surface area (TPSA) is 15.3 Å². The average Bonchev–Trinajstić information content (AvgIpc) is 2.55. The van der Waals surface area contributed by atoms with E-state index in [1.807, 2.05) is 0 Å². The molecule has 2 rings (SSSR count). The van der Waals surface area contributed by atoms with Gasteiger partial charge < -0.3 is 5.32 Å². The van der Waals surface area contributed by atoms with Crippen LogP contribution in [0.3, 0.4) is 0 Å². The Bertz CT molecular complexity index is 288. The fourth-order valence-electron chi connectivity index (χ4n) is 3.41. The van der Waals surface area contributed by atoms with E-state index in [-0.39, 0.29) is 18.8 Å². The average molecular weight is 301 g/mol. The van der Waals surface area contributed by atoms with Gasteiger partial charge in [0.1, 0.15) is 0 Å². The molecule has 0 spiro atoms. The van der Waals surface area contributed by atoms with E-state index in [9.17, 15) is 13.2 Å². The molecular weight excluding hydrogens is 277 g/mol. The SMILES string of the molecule is CC1(C)C(C(F)(F)F)CCN1CC1CCNCC1.Cl. The van der Waals surface area contributed by atoms with Gasteiger partial charge in [0.25, 0.3) is 0 Å². The summed E-state index contributed by atoms with van der Waals surface area (Å²) in [4.78, 5) is 2.06. The van der Waals surface area contributed by atoms with Gasteiger partial charge in [-0.15, -0.1) is 12.4 Å². The van der Waals surface area contributed by atoms with E-state index in [4.69, 9.17) is 0 Å². The highest BCUT2D eigenvalue weighted by Gasteiger charge is 2.54. The second kappa shape index (κ2) is 6.19. The lowest BCUT2D eigenvalue weighted by Gasteiger charge is -2.39. The molecule has 0 amide bonds. The molecule has 0 saturated carbocycles. The minimum atomic E-state index is -4.06. The molecule has 1 N–H and O–H groups in total. The number of nitrogens with one attached hydrogen (secondary N) is 1. The van der Waals surface area contributed by atoms with E-state index >= 15 is 0 Å². The number of hydrogen-bond donors (Lipinski definition) is 1. The molecule has 6 heteroatoms. The second-order valence-electron chi connectivity index (χ2n) is 6.18. The summed E-state index contributed by atoms with van der Waals surface area (Å²) in [6.45, 7) is 6.91. The molecule has 0 bridgehead atoms. The van der Waals surface area contributed by atoms with Crippen LogP contribution >= 0.6 is 12.4 Å². The van der Waals surface area contributed by atoms with Crippen LogP contribution in [0.1, 0.15) is 33.1 Å². The first kappa shape index (κ1) is 17.1. The summed E-state index contributed by atoms with van der Waals surface area (Å²) in [5.74, 6) is -0.621. The molecule has 2 aliphatic rings. The summed E-state index contributed by atoms with van der Waals surface area (Å²) in [6, 6.07) is 0. The molecule has 2 heterocycles. The summed E-state index contributed by atoms with van der Waals surface area (Å²) in [6.07, 6.45) is -1.64. The summed E-state index contributed by atoms with van der Waals surface area (Å²) < 4.78 is 38.9. The van der Waals surface area contributed by atoms with Crippen LogP contribution in [0.5, 0.6) is 0 Å². The molecule has 2 fully saturated rings. The molecule has 2 saturated heterocycles. The highest BCUT2D eigenvalue weighted by Crippen LogP contribution is 2.45. The molecular formula is C13H24ClF3N2. The number of likely N-dealkylation sites (tertiary alicyclic amines) is 1. The van der Waals surface area contributed by atoms with Gasteiger partial charge in [0.05, 0.1) is 5.92 Å². The lowest BCUT2D eigenvalue weighted by Crippen LogP contribution is -2.49. The van der Waals surface area contributed by atoms with Gasteiger partial charge >= 0.3 is 6.18 Å². The van der Waals surface area contributed by atoms with Crippen LogP contribution in [-0.2, 0) is 0 Å². The maximum Gasteiger partial charge on any atom is 0.393 e. The molecule has 1 unspecified atom stereocenters. The third kappa shape index (κ3) is 3.76. The summed E-state index contributed by atoms with van der Waals surface area (Å²) in [5, 5.41) is 3.29. The van der Waals surface area contributed by atoms with Crippen LogP contribution in [0.2, 0.25) is 0 Å². The molecule has 2 aliphatic heterocycles. The van der Waals surface area contributed by atoms with Crippen molar-refractivity contribution < 1.29 is 13.2 Å². The summed E-state index contributed by atoms with van der Waals surface area (Å²) >= 11 is 0. The molecule has 19 heavy (non-hydrogen) atoms. The van der Waals surface area contributed by atoms with Crippen molar-refractivity contribution in [1.82, 2.24) is 10.2 Å². The van der Waals surface area contributed by atoms with Crippen molar-refractivity contribution in [2.75, 3.05) is 26.2 Å². The first-order valence-corrected chi connectivity index (χ1v) is 6.84. The zero-order chi connectivity index (χ0) is 13.4. The van der Waals surface area contributed by atoms with Gasteiger partial charge in [-0.3, -0.25) is 4.90 Å². The van der Waals surface area contributed by atoms with Crippen molar-refractivity contribution in [2.45, 2.75) is 44.8 Å². The third-order valence-electron chi connectivity index (χ3n) is 4.69. The van der Waals surface area contributed by atoms with Crippen LogP contribution in [0.15, 0.2) is 0 Å². The first-order valence-electron chi connectivity index (χ1n) is 6.84. The standard InChI is InChI=1S/C13H23F3N2.ClH/c1-12(2)11(13(14,15)16)5-8-18(12)9-10-3-6-17-7-4-10;/h10-11,17H,3-9H2,1-2H3;1H. The Morgan fingerprint density at radius 3 is 2.21 bits per heavy atom. The third-order valence-corrected chi connectivity index (χ3v) is 4.69. The molecule has 1 atom stereocenters. The number of hydrogen-bond acceptors (Lipinski definition) is 2. The van der Waals surface area contributed by atoms with E-state index in [0.29, 0.717) is 12.5 Å². The maximum atomic E-state index is 13.0. The lowest BCUT2D eigenvalue weighted by molar-refractivity contribution is -0.192. The van der Waals surface area contributed by atoms with Gasteiger partial charge in [-0.05, 0) is 58.7 Å². The highest BCUT2D eigenvalue weighted by atomic mass is 35.5. The van der Waals surface area contributed by atoms with Crippen molar-refractivity contribution in [2.24, 2.45) is 11.8 Å². The van der Waals surface area contributed by atoms with Gasteiger partial charge in [-0.1, -0.05) is 0 Å². The Labute approximate surface area is 119 Å². The Kier molecular flexibility index (Phi) is 5.55. The van der Waals surface area contributed by atoms with Gasteiger partial charge in [0.15, 0.2) is 0 Å². The molecule has 0 aromatic heterocycles. The predicted octanol–water partition coefficient (Wildman–Crippen LogP) is 3.07. The number of alkyl halides is 3. The zero-order valence-corrected chi connectivity index (χ0v) is 12.4. The smallest absolute Gasteiger partial charge is 0.317 e. The Balaban J connectivity index is 0.00000180. The van der Waals surface area contributed by atoms with Crippen molar-refractivity contribution in [1.29, 1.82) is 0 Å². The van der Waals surface area contributed by atoms with Crippen LogP contribution in [-0.4, -0.2) is 42.8 Å². The van der Waals surface area contributed by atoms with Crippen molar-refractivity contribution in [3.63, 3.8) is 0 Å². The predicted molar refractivity (Wildman–Crippen MR) is 72.7 cm³/mol. The van der Waals surface area contributed by atoms with Crippen LogP contribution in [0, 0.1) is 11.8 Å². The van der Waals surface area contributed by atoms with Gasteiger partial charge in [-0.2, -0.15) is 13.2 Å². The van der Waals surface area contributed by atoms with Crippen molar-refractivity contribution in [3.05, 3.63) is 0 Å². The normalized spacial score (nSPS) is 29.2. The lowest BCUT2D eigenvalue weighted by atomic mass is 9.87. The molecule has 0 radical (unpaired) electrons. The largest absolute Gasteiger partial charge is 0.393 e. The van der Waals surface area contributed by atoms with Crippen LogP contribution in [0.4, 0.5) is 13.2 Å². The van der Waals surface area contributed by atoms with Crippen LogP contribution in [0.25, 0.3) is 0 Å². The van der Waals surface area contributed by atoms with Gasteiger partial charge in [0.2, 0.25) is 0 Å². The van der Waals surface area contributed by atoms with Crippen LogP contribution < -0.4 is 5.32 Å². The van der Waals surface area contributed by atoms with E-state index in [1.165, 1.54) is 0 Å². The highest BCUT2D eigenvalue weighted by molar-refractivity contribution is 5.85. The molecule has 0 aliphatic carbocycles. The van der Waals surface area contributed by atoms with Gasteiger partial charge in [-0.25, -0.2) is 0 Å².